The van der Waals surface area contributed by atoms with Crippen molar-refractivity contribution in [2.75, 3.05) is 12.4 Å². The molecule has 0 aliphatic heterocycles. The molecule has 3 nitrogen and oxygen atoms in total. The van der Waals surface area contributed by atoms with E-state index in [1.54, 1.807) is 19.2 Å². The van der Waals surface area contributed by atoms with E-state index in [-0.39, 0.29) is 5.82 Å². The van der Waals surface area contributed by atoms with E-state index >= 15 is 0 Å². The summed E-state index contributed by atoms with van der Waals surface area (Å²) >= 11 is 0. The van der Waals surface area contributed by atoms with Gasteiger partial charge in [-0.25, -0.2) is 4.39 Å². The molecule has 0 bridgehead atoms. The zero-order valence-corrected chi connectivity index (χ0v) is 9.16. The lowest BCUT2D eigenvalue weighted by molar-refractivity contribution is 0.628. The SMILES string of the molecule is CNc1cc(C)c(-c2ccc(F)cc2)nn1. The van der Waals surface area contributed by atoms with Crippen LogP contribution in [0.4, 0.5) is 10.2 Å². The first-order valence-corrected chi connectivity index (χ1v) is 4.98. The number of halogens is 1. The predicted molar refractivity (Wildman–Crippen MR) is 61.7 cm³/mol. The summed E-state index contributed by atoms with van der Waals surface area (Å²) in [4.78, 5) is 0. The van der Waals surface area contributed by atoms with Crippen molar-refractivity contribution >= 4 is 5.82 Å². The average Bonchev–Trinajstić information content (AvgIpc) is 2.30. The summed E-state index contributed by atoms with van der Waals surface area (Å²) in [6.07, 6.45) is 0. The third-order valence-electron chi connectivity index (χ3n) is 2.36. The number of hydrogen-bond acceptors (Lipinski definition) is 3. The fourth-order valence-electron chi connectivity index (χ4n) is 1.50. The third kappa shape index (κ3) is 2.00. The van der Waals surface area contributed by atoms with Crippen LogP contribution in [-0.2, 0) is 0 Å². The van der Waals surface area contributed by atoms with Gasteiger partial charge in [0.1, 0.15) is 11.6 Å². The molecule has 1 heterocycles. The molecule has 4 heteroatoms. The molecule has 1 N–H and O–H groups in total. The monoisotopic (exact) mass is 217 g/mol. The molecule has 0 amide bonds. The number of aromatic nitrogens is 2. The Morgan fingerprint density at radius 2 is 1.81 bits per heavy atom. The minimum absolute atomic E-state index is 0.249. The minimum Gasteiger partial charge on any atom is -0.372 e. The Labute approximate surface area is 93.3 Å². The van der Waals surface area contributed by atoms with E-state index in [1.165, 1.54) is 12.1 Å². The van der Waals surface area contributed by atoms with E-state index in [9.17, 15) is 4.39 Å². The largest absolute Gasteiger partial charge is 0.372 e. The van der Waals surface area contributed by atoms with Crippen LogP contribution in [0.15, 0.2) is 30.3 Å². The van der Waals surface area contributed by atoms with Crippen molar-refractivity contribution in [3.05, 3.63) is 41.7 Å². The lowest BCUT2D eigenvalue weighted by Gasteiger charge is -2.05. The molecule has 2 rings (SSSR count). The zero-order valence-electron chi connectivity index (χ0n) is 9.16. The highest BCUT2D eigenvalue weighted by atomic mass is 19.1. The van der Waals surface area contributed by atoms with E-state index in [0.29, 0.717) is 0 Å². The van der Waals surface area contributed by atoms with Crippen LogP contribution >= 0.6 is 0 Å². The Morgan fingerprint density at radius 1 is 1.12 bits per heavy atom. The summed E-state index contributed by atoms with van der Waals surface area (Å²) in [6.45, 7) is 1.95. The molecule has 2 aromatic rings. The third-order valence-corrected chi connectivity index (χ3v) is 2.36. The van der Waals surface area contributed by atoms with Crippen molar-refractivity contribution in [3.8, 4) is 11.3 Å². The molecule has 0 aliphatic carbocycles. The molecule has 1 aromatic carbocycles. The minimum atomic E-state index is -0.249. The van der Waals surface area contributed by atoms with E-state index in [1.807, 2.05) is 13.0 Å². The van der Waals surface area contributed by atoms with Crippen molar-refractivity contribution in [3.63, 3.8) is 0 Å². The maximum absolute atomic E-state index is 12.8. The van der Waals surface area contributed by atoms with Gasteiger partial charge in [0.2, 0.25) is 0 Å². The van der Waals surface area contributed by atoms with Crippen LogP contribution in [0.1, 0.15) is 5.56 Å². The molecule has 1 aromatic heterocycles. The Bertz CT molecular complexity index is 494. The average molecular weight is 217 g/mol. The van der Waals surface area contributed by atoms with Crippen molar-refractivity contribution in [1.82, 2.24) is 10.2 Å². The van der Waals surface area contributed by atoms with Gasteiger partial charge in [0.25, 0.3) is 0 Å². The first-order chi connectivity index (χ1) is 7.70. The Kier molecular flexibility index (Phi) is 2.81. The molecule has 16 heavy (non-hydrogen) atoms. The molecule has 0 aliphatic rings. The molecular formula is C12H12FN3. The smallest absolute Gasteiger partial charge is 0.148 e. The van der Waals surface area contributed by atoms with Gasteiger partial charge in [-0.15, -0.1) is 10.2 Å². The summed E-state index contributed by atoms with van der Waals surface area (Å²) in [7, 11) is 1.79. The second-order valence-corrected chi connectivity index (χ2v) is 3.52. The van der Waals surface area contributed by atoms with Crippen molar-refractivity contribution in [1.29, 1.82) is 0 Å². The highest BCUT2D eigenvalue weighted by Gasteiger charge is 2.05. The standard InChI is InChI=1S/C12H12FN3/c1-8-7-11(14-2)15-16-12(8)9-3-5-10(13)6-4-9/h3-7H,1-2H3,(H,14,15). The highest BCUT2D eigenvalue weighted by Crippen LogP contribution is 2.21. The Morgan fingerprint density at radius 3 is 2.38 bits per heavy atom. The second kappa shape index (κ2) is 4.26. The summed E-state index contributed by atoms with van der Waals surface area (Å²) < 4.78 is 12.8. The van der Waals surface area contributed by atoms with Crippen molar-refractivity contribution in [2.45, 2.75) is 6.92 Å². The Hall–Kier alpha value is -1.97. The number of anilines is 1. The number of nitrogens with zero attached hydrogens (tertiary/aromatic N) is 2. The van der Waals surface area contributed by atoms with Crippen LogP contribution in [0, 0.1) is 12.7 Å². The van der Waals surface area contributed by atoms with Gasteiger partial charge in [0.05, 0.1) is 5.69 Å². The van der Waals surface area contributed by atoms with Gasteiger partial charge in [0.15, 0.2) is 0 Å². The van der Waals surface area contributed by atoms with Gasteiger partial charge < -0.3 is 5.32 Å². The molecule has 0 unspecified atom stereocenters. The number of benzene rings is 1. The van der Waals surface area contributed by atoms with E-state index < -0.39 is 0 Å². The normalized spacial score (nSPS) is 10.2. The van der Waals surface area contributed by atoms with Gasteiger partial charge in [-0.1, -0.05) is 0 Å². The Balaban J connectivity index is 2.44. The topological polar surface area (TPSA) is 37.8 Å². The molecular weight excluding hydrogens is 205 g/mol. The van der Waals surface area contributed by atoms with E-state index in [2.05, 4.69) is 15.5 Å². The molecule has 0 atom stereocenters. The summed E-state index contributed by atoms with van der Waals surface area (Å²) in [5.41, 5.74) is 2.65. The van der Waals surface area contributed by atoms with Crippen LogP contribution in [0.3, 0.4) is 0 Å². The van der Waals surface area contributed by atoms with Crippen LogP contribution in [0.2, 0.25) is 0 Å². The predicted octanol–water partition coefficient (Wildman–Crippen LogP) is 2.63. The van der Waals surface area contributed by atoms with Gasteiger partial charge in [-0.3, -0.25) is 0 Å². The maximum atomic E-state index is 12.8. The lowest BCUT2D eigenvalue weighted by Crippen LogP contribution is -1.98. The first-order valence-electron chi connectivity index (χ1n) is 4.98. The van der Waals surface area contributed by atoms with Crippen molar-refractivity contribution < 1.29 is 4.39 Å². The zero-order chi connectivity index (χ0) is 11.5. The molecule has 0 fully saturated rings. The van der Waals surface area contributed by atoms with Gasteiger partial charge in [-0.05, 0) is 42.8 Å². The van der Waals surface area contributed by atoms with E-state index in [0.717, 1.165) is 22.6 Å². The fraction of sp³-hybridized carbons (Fsp3) is 0.167. The van der Waals surface area contributed by atoms with Gasteiger partial charge in [0, 0.05) is 12.6 Å². The van der Waals surface area contributed by atoms with Crippen LogP contribution in [0.25, 0.3) is 11.3 Å². The summed E-state index contributed by atoms with van der Waals surface area (Å²) in [5.74, 6) is 0.476. The molecule has 0 spiro atoms. The lowest BCUT2D eigenvalue weighted by atomic mass is 10.1. The quantitative estimate of drug-likeness (QED) is 0.840. The highest BCUT2D eigenvalue weighted by molar-refractivity contribution is 5.63. The molecule has 82 valence electrons. The summed E-state index contributed by atoms with van der Waals surface area (Å²) in [6, 6.07) is 8.15. The first kappa shape index (κ1) is 10.5. The molecule has 0 saturated carbocycles. The van der Waals surface area contributed by atoms with Crippen LogP contribution in [-0.4, -0.2) is 17.2 Å². The number of nitrogens with one attached hydrogen (secondary N) is 1. The van der Waals surface area contributed by atoms with Crippen LogP contribution in [0.5, 0.6) is 0 Å². The number of rotatable bonds is 2. The van der Waals surface area contributed by atoms with E-state index in [4.69, 9.17) is 0 Å². The second-order valence-electron chi connectivity index (χ2n) is 3.52. The maximum Gasteiger partial charge on any atom is 0.148 e. The molecule has 0 radical (unpaired) electrons. The van der Waals surface area contributed by atoms with Gasteiger partial charge >= 0.3 is 0 Å². The fourth-order valence-corrected chi connectivity index (χ4v) is 1.50. The van der Waals surface area contributed by atoms with Gasteiger partial charge in [-0.2, -0.15) is 0 Å². The summed E-state index contributed by atoms with van der Waals surface area (Å²) in [5, 5.41) is 11.0. The number of aryl methyl sites for hydroxylation is 1. The molecule has 0 saturated heterocycles. The van der Waals surface area contributed by atoms with Crippen LogP contribution < -0.4 is 5.32 Å². The van der Waals surface area contributed by atoms with Crippen molar-refractivity contribution in [2.24, 2.45) is 0 Å². The number of hydrogen-bond donors (Lipinski definition) is 1.